The van der Waals surface area contributed by atoms with E-state index in [4.69, 9.17) is 14.9 Å². The standard InChI is InChI=1S/C6H8NO6P/c8-5(9)2-1-4-7-3-6(13-4)14(10,11)12/h3H,1-2H2,(H,8,9)(H2,10,11,12). The van der Waals surface area contributed by atoms with Crippen LogP contribution in [0.25, 0.3) is 0 Å². The Hall–Kier alpha value is -1.17. The predicted octanol–water partition coefficient (Wildman–Crippen LogP) is -0.505. The first kappa shape index (κ1) is 10.9. The zero-order valence-corrected chi connectivity index (χ0v) is 7.85. The molecule has 0 aliphatic carbocycles. The highest BCUT2D eigenvalue weighted by Gasteiger charge is 2.22. The number of aromatic nitrogens is 1. The molecule has 0 saturated heterocycles. The zero-order valence-electron chi connectivity index (χ0n) is 6.95. The minimum Gasteiger partial charge on any atom is -0.481 e. The van der Waals surface area contributed by atoms with Gasteiger partial charge in [-0.3, -0.25) is 9.36 Å². The Balaban J connectivity index is 2.69. The van der Waals surface area contributed by atoms with Crippen LogP contribution in [-0.2, 0) is 15.8 Å². The van der Waals surface area contributed by atoms with Crippen molar-refractivity contribution < 1.29 is 28.7 Å². The van der Waals surface area contributed by atoms with Crippen molar-refractivity contribution >= 4 is 19.1 Å². The number of carboxylic acids is 1. The van der Waals surface area contributed by atoms with Crippen LogP contribution in [0.15, 0.2) is 10.6 Å². The van der Waals surface area contributed by atoms with Crippen molar-refractivity contribution in [1.82, 2.24) is 4.98 Å². The van der Waals surface area contributed by atoms with Gasteiger partial charge in [0.1, 0.15) is 0 Å². The molecule has 3 N–H and O–H groups in total. The molecule has 1 heterocycles. The van der Waals surface area contributed by atoms with E-state index < -0.39 is 19.1 Å². The highest BCUT2D eigenvalue weighted by Crippen LogP contribution is 2.33. The number of aliphatic carboxylic acids is 1. The zero-order chi connectivity index (χ0) is 10.8. The van der Waals surface area contributed by atoms with Gasteiger partial charge < -0.3 is 19.3 Å². The Bertz CT molecular complexity index is 379. The van der Waals surface area contributed by atoms with Crippen molar-refractivity contribution in [3.8, 4) is 0 Å². The van der Waals surface area contributed by atoms with E-state index in [-0.39, 0.29) is 18.7 Å². The third-order valence-corrected chi connectivity index (χ3v) is 2.16. The molecule has 0 radical (unpaired) electrons. The minimum absolute atomic E-state index is 0.00530. The summed E-state index contributed by atoms with van der Waals surface area (Å²) in [5.41, 5.74) is -0.544. The third-order valence-electron chi connectivity index (χ3n) is 1.38. The molecular formula is C6H8NO6P. The fourth-order valence-electron chi connectivity index (χ4n) is 0.765. The van der Waals surface area contributed by atoms with Crippen LogP contribution in [-0.4, -0.2) is 25.8 Å². The van der Waals surface area contributed by atoms with E-state index in [2.05, 4.69) is 9.40 Å². The van der Waals surface area contributed by atoms with Crippen LogP contribution in [0.5, 0.6) is 0 Å². The highest BCUT2D eigenvalue weighted by molar-refractivity contribution is 7.59. The lowest BCUT2D eigenvalue weighted by molar-refractivity contribution is -0.137. The summed E-state index contributed by atoms with van der Waals surface area (Å²) in [6.07, 6.45) is 0.717. The summed E-state index contributed by atoms with van der Waals surface area (Å²) < 4.78 is 15.3. The van der Waals surface area contributed by atoms with E-state index in [0.29, 0.717) is 0 Å². The molecule has 0 amide bonds. The van der Waals surface area contributed by atoms with E-state index in [0.717, 1.165) is 6.20 Å². The van der Waals surface area contributed by atoms with Crippen LogP contribution in [0.2, 0.25) is 0 Å². The molecule has 1 aromatic heterocycles. The van der Waals surface area contributed by atoms with Gasteiger partial charge in [0.15, 0.2) is 5.89 Å². The second-order valence-electron chi connectivity index (χ2n) is 2.53. The highest BCUT2D eigenvalue weighted by atomic mass is 31.2. The lowest BCUT2D eigenvalue weighted by Gasteiger charge is -1.96. The average molecular weight is 221 g/mol. The summed E-state index contributed by atoms with van der Waals surface area (Å²) in [6, 6.07) is 0. The smallest absolute Gasteiger partial charge is 0.392 e. The molecule has 14 heavy (non-hydrogen) atoms. The molecular weight excluding hydrogens is 213 g/mol. The van der Waals surface area contributed by atoms with E-state index in [1.165, 1.54) is 0 Å². The maximum atomic E-state index is 10.6. The molecule has 0 bridgehead atoms. The molecule has 0 aromatic carbocycles. The first-order valence-electron chi connectivity index (χ1n) is 3.62. The molecule has 78 valence electrons. The van der Waals surface area contributed by atoms with Gasteiger partial charge in [0.05, 0.1) is 12.6 Å². The molecule has 0 aliphatic heterocycles. The Morgan fingerprint density at radius 2 is 2.21 bits per heavy atom. The number of aryl methyl sites for hydroxylation is 1. The summed E-state index contributed by atoms with van der Waals surface area (Å²) in [7, 11) is -4.42. The SMILES string of the molecule is O=C(O)CCc1ncc(P(=O)(O)O)o1. The van der Waals surface area contributed by atoms with Crippen LogP contribution in [0.1, 0.15) is 12.3 Å². The summed E-state index contributed by atoms with van der Waals surface area (Å²) in [4.78, 5) is 31.0. The summed E-state index contributed by atoms with van der Waals surface area (Å²) in [5, 5.41) is 8.32. The second-order valence-corrected chi connectivity index (χ2v) is 4.06. The maximum Gasteiger partial charge on any atom is 0.392 e. The third kappa shape index (κ3) is 2.95. The topological polar surface area (TPSA) is 121 Å². The van der Waals surface area contributed by atoms with Crippen molar-refractivity contribution in [2.75, 3.05) is 0 Å². The second kappa shape index (κ2) is 3.91. The van der Waals surface area contributed by atoms with Crippen molar-refractivity contribution in [3.63, 3.8) is 0 Å². The van der Waals surface area contributed by atoms with Gasteiger partial charge in [-0.25, -0.2) is 4.98 Å². The van der Waals surface area contributed by atoms with Crippen molar-refractivity contribution in [2.24, 2.45) is 0 Å². The number of carbonyl (C=O) groups is 1. The van der Waals surface area contributed by atoms with Crippen molar-refractivity contribution in [1.29, 1.82) is 0 Å². The summed E-state index contributed by atoms with van der Waals surface area (Å²) >= 11 is 0. The number of nitrogens with zero attached hydrogens (tertiary/aromatic N) is 1. The fourth-order valence-corrected chi connectivity index (χ4v) is 1.20. The molecule has 0 spiro atoms. The first-order valence-corrected chi connectivity index (χ1v) is 5.23. The fraction of sp³-hybridized carbons (Fsp3) is 0.333. The average Bonchev–Trinajstić information content (AvgIpc) is 2.47. The first-order chi connectivity index (χ1) is 6.39. The Morgan fingerprint density at radius 3 is 2.64 bits per heavy atom. The largest absolute Gasteiger partial charge is 0.481 e. The molecule has 1 aromatic rings. The molecule has 0 aliphatic rings. The molecule has 1 rings (SSSR count). The Kier molecular flexibility index (Phi) is 3.05. The maximum absolute atomic E-state index is 10.6. The van der Waals surface area contributed by atoms with Gasteiger partial charge in [-0.05, 0) is 0 Å². The minimum atomic E-state index is -4.42. The molecule has 7 nitrogen and oxygen atoms in total. The van der Waals surface area contributed by atoms with Crippen molar-refractivity contribution in [2.45, 2.75) is 12.8 Å². The quantitative estimate of drug-likeness (QED) is 0.585. The normalized spacial score (nSPS) is 11.6. The number of oxazole rings is 1. The van der Waals surface area contributed by atoms with Crippen LogP contribution in [0.4, 0.5) is 0 Å². The molecule has 0 saturated carbocycles. The van der Waals surface area contributed by atoms with E-state index in [9.17, 15) is 9.36 Å². The van der Waals surface area contributed by atoms with E-state index in [1.807, 2.05) is 0 Å². The van der Waals surface area contributed by atoms with E-state index >= 15 is 0 Å². The monoisotopic (exact) mass is 221 g/mol. The van der Waals surface area contributed by atoms with Gasteiger partial charge in [0.2, 0.25) is 5.50 Å². The number of hydrogen-bond donors (Lipinski definition) is 3. The van der Waals surface area contributed by atoms with Gasteiger partial charge in [0.25, 0.3) is 0 Å². The number of rotatable bonds is 4. The Labute approximate surface area is 78.5 Å². The number of hydrogen-bond acceptors (Lipinski definition) is 4. The van der Waals surface area contributed by atoms with E-state index in [1.54, 1.807) is 0 Å². The number of carboxylic acid groups (broad SMARTS) is 1. The van der Waals surface area contributed by atoms with Gasteiger partial charge in [-0.1, -0.05) is 0 Å². The Morgan fingerprint density at radius 1 is 1.57 bits per heavy atom. The van der Waals surface area contributed by atoms with Crippen LogP contribution < -0.4 is 5.50 Å². The molecule has 0 atom stereocenters. The lowest BCUT2D eigenvalue weighted by Crippen LogP contribution is -2.00. The molecule has 0 unspecified atom stereocenters. The van der Waals surface area contributed by atoms with Gasteiger partial charge >= 0.3 is 13.6 Å². The van der Waals surface area contributed by atoms with Crippen LogP contribution in [0, 0.1) is 0 Å². The predicted molar refractivity (Wildman–Crippen MR) is 44.1 cm³/mol. The molecule has 0 fully saturated rings. The lowest BCUT2D eigenvalue weighted by atomic mass is 10.3. The van der Waals surface area contributed by atoms with Gasteiger partial charge in [-0.2, -0.15) is 0 Å². The molecule has 8 heteroatoms. The summed E-state index contributed by atoms with van der Waals surface area (Å²) in [5.74, 6) is -1.02. The van der Waals surface area contributed by atoms with Gasteiger partial charge in [-0.15, -0.1) is 0 Å². The van der Waals surface area contributed by atoms with Crippen LogP contribution in [0.3, 0.4) is 0 Å². The van der Waals surface area contributed by atoms with Crippen LogP contribution >= 0.6 is 7.60 Å². The van der Waals surface area contributed by atoms with Crippen molar-refractivity contribution in [3.05, 3.63) is 12.1 Å². The van der Waals surface area contributed by atoms with Gasteiger partial charge in [0, 0.05) is 6.42 Å². The summed E-state index contributed by atoms with van der Waals surface area (Å²) in [6.45, 7) is 0.